The van der Waals surface area contributed by atoms with Crippen LogP contribution in [0.1, 0.15) is 74.9 Å². The molecule has 4 heteroatoms. The molecule has 0 spiro atoms. The zero-order chi connectivity index (χ0) is 18.5. The standard InChI is InChI=1S/C23H30ClO2.Y/c1-16(2)15-23(25)18-10-8-17(9-11-18)20-12-13-22(24)21(20)7-3-5-19-6-4-14-26-19;/h4,6,8-11,16,20-23,25H,3,5,7,12-13,15H2,1-2H3;/q-1;. The minimum Gasteiger partial charge on any atom is -0.596 e. The Kier molecular flexibility index (Phi) is 9.55. The molecule has 2 aromatic rings. The number of furan rings is 1. The van der Waals surface area contributed by atoms with Crippen molar-refractivity contribution in [3.63, 3.8) is 0 Å². The number of rotatable bonds is 8. The largest absolute Gasteiger partial charge is 0.596 e. The Bertz CT molecular complexity index is 654. The van der Waals surface area contributed by atoms with Gasteiger partial charge in [0, 0.05) is 38.1 Å². The maximum absolute atomic E-state index is 10.3. The number of aryl methyl sites for hydroxylation is 1. The summed E-state index contributed by atoms with van der Waals surface area (Å²) in [5, 5.41) is 10.6. The second-order valence-corrected chi connectivity index (χ2v) is 8.65. The minimum atomic E-state index is -0.366. The second-order valence-electron chi connectivity index (χ2n) is 8.09. The molecule has 27 heavy (non-hydrogen) atoms. The molecule has 0 aliphatic heterocycles. The molecule has 0 saturated heterocycles. The third-order valence-electron chi connectivity index (χ3n) is 5.67. The first-order chi connectivity index (χ1) is 12.5. The molecule has 3 rings (SSSR count). The fraction of sp³-hybridized carbons (Fsp3) is 0.565. The van der Waals surface area contributed by atoms with Crippen molar-refractivity contribution < 1.29 is 42.2 Å². The van der Waals surface area contributed by atoms with Crippen molar-refractivity contribution in [2.45, 2.75) is 69.8 Å². The van der Waals surface area contributed by atoms with Crippen LogP contribution in [0.25, 0.3) is 0 Å². The molecule has 1 fully saturated rings. The van der Waals surface area contributed by atoms with E-state index in [9.17, 15) is 5.11 Å². The minimum absolute atomic E-state index is 0. The third-order valence-corrected chi connectivity index (χ3v) is 6.21. The normalized spacial score (nSPS) is 23.4. The van der Waals surface area contributed by atoms with Crippen LogP contribution in [-0.4, -0.2) is 10.5 Å². The Labute approximate surface area is 194 Å². The summed E-state index contributed by atoms with van der Waals surface area (Å²) in [4.78, 5) is 0. The first kappa shape index (κ1) is 23.1. The van der Waals surface area contributed by atoms with Crippen LogP contribution in [-0.2, 0) is 39.1 Å². The van der Waals surface area contributed by atoms with E-state index in [-0.39, 0.29) is 44.2 Å². The number of hydrogen-bond acceptors (Lipinski definition) is 2. The van der Waals surface area contributed by atoms with Crippen molar-refractivity contribution in [2.75, 3.05) is 0 Å². The molecule has 2 nitrogen and oxygen atoms in total. The average Bonchev–Trinajstić information content (AvgIpc) is 3.25. The maximum atomic E-state index is 10.3. The van der Waals surface area contributed by atoms with Crippen molar-refractivity contribution in [3.05, 3.63) is 59.5 Å². The predicted molar refractivity (Wildman–Crippen MR) is 106 cm³/mol. The van der Waals surface area contributed by atoms with E-state index in [1.165, 1.54) is 5.56 Å². The van der Waals surface area contributed by atoms with Gasteiger partial charge >= 0.3 is 0 Å². The molecule has 1 aromatic heterocycles. The molecule has 1 N–H and O–H groups in total. The Hall–Kier alpha value is -0.146. The van der Waals surface area contributed by atoms with E-state index in [1.807, 2.05) is 12.1 Å². The van der Waals surface area contributed by atoms with E-state index in [1.54, 1.807) is 0 Å². The van der Waals surface area contributed by atoms with Crippen LogP contribution in [0.5, 0.6) is 0 Å². The number of benzene rings is 1. The number of alkyl halides is 1. The molecular formula is C23H30ClO2Y-. The van der Waals surface area contributed by atoms with E-state index >= 15 is 0 Å². The van der Waals surface area contributed by atoms with Crippen molar-refractivity contribution in [1.29, 1.82) is 0 Å². The Morgan fingerprint density at radius 2 is 1.93 bits per heavy atom. The Balaban J connectivity index is 0.00000261. The molecule has 1 radical (unpaired) electrons. The molecule has 1 saturated carbocycles. The third kappa shape index (κ3) is 6.42. The molecular weight excluding hydrogens is 433 g/mol. The van der Waals surface area contributed by atoms with Crippen molar-refractivity contribution in [1.82, 2.24) is 0 Å². The van der Waals surface area contributed by atoms with Gasteiger partial charge in [-0.1, -0.05) is 56.7 Å². The van der Waals surface area contributed by atoms with Gasteiger partial charge in [0.1, 0.15) is 0 Å². The number of halogens is 1. The van der Waals surface area contributed by atoms with Gasteiger partial charge in [0.2, 0.25) is 0 Å². The van der Waals surface area contributed by atoms with E-state index < -0.39 is 0 Å². The van der Waals surface area contributed by atoms with Crippen LogP contribution in [0.3, 0.4) is 0 Å². The average molecular weight is 463 g/mol. The van der Waals surface area contributed by atoms with Crippen molar-refractivity contribution in [3.8, 4) is 0 Å². The van der Waals surface area contributed by atoms with Gasteiger partial charge < -0.3 is 9.52 Å². The molecule has 4 atom stereocenters. The molecule has 0 amide bonds. The smallest absolute Gasteiger partial charge is 0.0792 e. The summed E-state index contributed by atoms with van der Waals surface area (Å²) in [6.45, 7) is 4.28. The first-order valence-electron chi connectivity index (χ1n) is 9.91. The second kappa shape index (κ2) is 11.1. The van der Waals surface area contributed by atoms with Gasteiger partial charge in [-0.05, 0) is 60.8 Å². The van der Waals surface area contributed by atoms with Crippen LogP contribution in [0, 0.1) is 18.1 Å². The molecule has 145 valence electrons. The van der Waals surface area contributed by atoms with Gasteiger partial charge in [-0.3, -0.25) is 0 Å². The quantitative estimate of drug-likeness (QED) is 0.370. The van der Waals surface area contributed by atoms with Gasteiger partial charge in [-0.2, -0.15) is 6.07 Å². The summed E-state index contributed by atoms with van der Waals surface area (Å²) >= 11 is 6.65. The van der Waals surface area contributed by atoms with Crippen molar-refractivity contribution in [2.24, 2.45) is 11.8 Å². The number of aliphatic hydroxyl groups excluding tert-OH is 1. The fourth-order valence-electron chi connectivity index (χ4n) is 4.28. The van der Waals surface area contributed by atoms with Gasteiger partial charge in [0.25, 0.3) is 0 Å². The molecule has 1 aromatic carbocycles. The van der Waals surface area contributed by atoms with Crippen LogP contribution < -0.4 is 0 Å². The SMILES string of the molecule is CC(C)CC(O)c1ccc(C2CCC(Cl)C2CCCc2cc[c-]o2)cc1.[Y]. The fourth-order valence-corrected chi connectivity index (χ4v) is 4.71. The maximum Gasteiger partial charge on any atom is 0.0792 e. The Morgan fingerprint density at radius 1 is 1.19 bits per heavy atom. The van der Waals surface area contributed by atoms with Gasteiger partial charge in [-0.15, -0.1) is 17.7 Å². The van der Waals surface area contributed by atoms with E-state index in [0.29, 0.717) is 17.8 Å². The van der Waals surface area contributed by atoms with E-state index in [4.69, 9.17) is 16.0 Å². The summed E-state index contributed by atoms with van der Waals surface area (Å²) in [6, 6.07) is 12.4. The summed E-state index contributed by atoms with van der Waals surface area (Å²) < 4.78 is 5.32. The van der Waals surface area contributed by atoms with Crippen LogP contribution in [0.4, 0.5) is 0 Å². The zero-order valence-corrected chi connectivity index (χ0v) is 20.0. The molecule has 1 heterocycles. The first-order valence-corrected chi connectivity index (χ1v) is 10.3. The van der Waals surface area contributed by atoms with Crippen molar-refractivity contribution >= 4 is 11.6 Å². The number of hydrogen-bond donors (Lipinski definition) is 1. The Morgan fingerprint density at radius 3 is 2.56 bits per heavy atom. The van der Waals surface area contributed by atoms with Gasteiger partial charge in [0.15, 0.2) is 0 Å². The molecule has 1 aliphatic carbocycles. The van der Waals surface area contributed by atoms with Crippen LogP contribution in [0.15, 0.2) is 40.8 Å². The summed E-state index contributed by atoms with van der Waals surface area (Å²) in [5.74, 6) is 2.54. The molecule has 0 bridgehead atoms. The summed E-state index contributed by atoms with van der Waals surface area (Å²) in [6.07, 6.45) is 8.61. The number of aliphatic hydroxyl groups is 1. The van der Waals surface area contributed by atoms with Crippen LogP contribution >= 0.6 is 11.6 Å². The topological polar surface area (TPSA) is 33.4 Å². The molecule has 4 unspecified atom stereocenters. The summed E-state index contributed by atoms with van der Waals surface area (Å²) in [7, 11) is 0. The molecule has 1 aliphatic rings. The van der Waals surface area contributed by atoms with E-state index in [2.05, 4.69) is 44.4 Å². The summed E-state index contributed by atoms with van der Waals surface area (Å²) in [5.41, 5.74) is 2.39. The van der Waals surface area contributed by atoms with E-state index in [0.717, 1.165) is 49.8 Å². The van der Waals surface area contributed by atoms with Gasteiger partial charge in [0.05, 0.1) is 6.10 Å². The predicted octanol–water partition coefficient (Wildman–Crippen LogP) is 6.28. The zero-order valence-electron chi connectivity index (χ0n) is 16.4. The van der Waals surface area contributed by atoms with Gasteiger partial charge in [-0.25, -0.2) is 0 Å². The monoisotopic (exact) mass is 462 g/mol. The van der Waals surface area contributed by atoms with Crippen LogP contribution in [0.2, 0.25) is 0 Å².